The van der Waals surface area contributed by atoms with Gasteiger partial charge in [-0.25, -0.2) is 23.2 Å². The van der Waals surface area contributed by atoms with Crippen LogP contribution in [-0.2, 0) is 0 Å². The molecule has 0 saturated heterocycles. The number of fused-ring (bicyclic) bond motifs is 1. The van der Waals surface area contributed by atoms with Crippen LogP contribution in [0.2, 0.25) is 5.02 Å². The largest absolute Gasteiger partial charge is 0.323 e. The van der Waals surface area contributed by atoms with Gasteiger partial charge in [0.05, 0.1) is 27.8 Å². The molecule has 36 heavy (non-hydrogen) atoms. The Kier molecular flexibility index (Phi) is 6.09. The van der Waals surface area contributed by atoms with Crippen LogP contribution in [-0.4, -0.2) is 31.6 Å². The second kappa shape index (κ2) is 9.51. The Bertz CT molecular complexity index is 1630. The van der Waals surface area contributed by atoms with E-state index in [1.165, 1.54) is 41.1 Å². The number of carbonyl (C=O) groups is 2. The maximum absolute atomic E-state index is 14.6. The molecule has 0 aliphatic heterocycles. The maximum atomic E-state index is 14.6. The van der Waals surface area contributed by atoms with Gasteiger partial charge in [0, 0.05) is 29.3 Å². The molecule has 178 valence electrons. The molecule has 0 spiro atoms. The lowest BCUT2D eigenvalue weighted by Gasteiger charge is -2.10. The molecule has 0 radical (unpaired) electrons. The average molecular weight is 505 g/mol. The number of anilines is 2. The topological polar surface area (TPSA) is 102 Å². The minimum absolute atomic E-state index is 0.0834. The van der Waals surface area contributed by atoms with Crippen LogP contribution in [0.1, 0.15) is 15.9 Å². The average Bonchev–Trinajstić information content (AvgIpc) is 3.41. The van der Waals surface area contributed by atoms with Crippen molar-refractivity contribution in [3.05, 3.63) is 107 Å². The summed E-state index contributed by atoms with van der Waals surface area (Å²) in [6.07, 6.45) is 4.86. The summed E-state index contributed by atoms with van der Waals surface area (Å²) in [5.74, 6) is -1.60. The molecule has 2 aromatic heterocycles. The molecule has 0 aliphatic rings. The molecule has 2 amide bonds. The number of nitrogens with one attached hydrogen (secondary N) is 2. The van der Waals surface area contributed by atoms with Gasteiger partial charge in [-0.2, -0.15) is 5.10 Å². The van der Waals surface area contributed by atoms with Gasteiger partial charge in [0.2, 0.25) is 0 Å². The highest BCUT2D eigenvalue weighted by Gasteiger charge is 2.17. The number of aromatic nitrogens is 4. The Morgan fingerprint density at radius 2 is 1.67 bits per heavy atom. The zero-order chi connectivity index (χ0) is 25.2. The van der Waals surface area contributed by atoms with Crippen LogP contribution in [0, 0.1) is 11.6 Å². The van der Waals surface area contributed by atoms with Crippen molar-refractivity contribution < 1.29 is 18.4 Å². The lowest BCUT2D eigenvalue weighted by molar-refractivity contribution is 0.103. The lowest BCUT2D eigenvalue weighted by Crippen LogP contribution is -2.20. The first-order valence-corrected chi connectivity index (χ1v) is 10.9. The molecule has 0 bridgehead atoms. The number of rotatable bonds is 5. The summed E-state index contributed by atoms with van der Waals surface area (Å²) in [6.45, 7) is 0. The van der Waals surface area contributed by atoms with Gasteiger partial charge in [-0.05, 0) is 60.7 Å². The van der Waals surface area contributed by atoms with Crippen LogP contribution in [0.4, 0.5) is 25.0 Å². The number of amides is 2. The Morgan fingerprint density at radius 1 is 0.889 bits per heavy atom. The zero-order valence-electron chi connectivity index (χ0n) is 18.2. The first-order valence-electron chi connectivity index (χ1n) is 10.5. The molecule has 5 aromatic rings. The number of ketones is 1. The Balaban J connectivity index is 1.38. The van der Waals surface area contributed by atoms with Crippen LogP contribution < -0.4 is 10.6 Å². The first-order chi connectivity index (χ1) is 17.4. The second-order valence-electron chi connectivity index (χ2n) is 7.61. The van der Waals surface area contributed by atoms with Gasteiger partial charge >= 0.3 is 6.03 Å². The fourth-order valence-corrected chi connectivity index (χ4v) is 3.58. The molecule has 0 atom stereocenters. The molecule has 5 rings (SSSR count). The van der Waals surface area contributed by atoms with Crippen molar-refractivity contribution in [2.24, 2.45) is 0 Å². The number of carbonyl (C=O) groups excluding carboxylic acids is 2. The van der Waals surface area contributed by atoms with E-state index in [2.05, 4.69) is 25.7 Å². The summed E-state index contributed by atoms with van der Waals surface area (Å²) in [5.41, 5.74) is 1.24. The monoisotopic (exact) mass is 504 g/mol. The van der Waals surface area contributed by atoms with E-state index in [9.17, 15) is 18.4 Å². The third kappa shape index (κ3) is 4.75. The highest BCUT2D eigenvalue weighted by Crippen LogP contribution is 2.22. The Labute approximate surface area is 207 Å². The summed E-state index contributed by atoms with van der Waals surface area (Å²) in [5, 5.41) is 8.96. The van der Waals surface area contributed by atoms with Gasteiger partial charge in [-0.1, -0.05) is 11.6 Å². The fraction of sp³-hybridized carbons (Fsp3) is 0. The number of halogens is 3. The number of nitrogens with zero attached hydrogens (tertiary/aromatic N) is 4. The highest BCUT2D eigenvalue weighted by atomic mass is 35.5. The predicted octanol–water partition coefficient (Wildman–Crippen LogP) is 5.62. The van der Waals surface area contributed by atoms with Gasteiger partial charge in [-0.15, -0.1) is 0 Å². The maximum Gasteiger partial charge on any atom is 0.323 e. The number of hydrogen-bond donors (Lipinski definition) is 2. The summed E-state index contributed by atoms with van der Waals surface area (Å²) >= 11 is 5.64. The summed E-state index contributed by atoms with van der Waals surface area (Å²) in [7, 11) is 0. The van der Waals surface area contributed by atoms with E-state index in [0.29, 0.717) is 16.9 Å². The smallest absolute Gasteiger partial charge is 0.308 e. The summed E-state index contributed by atoms with van der Waals surface area (Å²) in [4.78, 5) is 34.2. The van der Waals surface area contributed by atoms with E-state index >= 15 is 0 Å². The van der Waals surface area contributed by atoms with Crippen molar-refractivity contribution in [3.63, 3.8) is 0 Å². The van der Waals surface area contributed by atoms with Gasteiger partial charge in [0.1, 0.15) is 11.6 Å². The predicted molar refractivity (Wildman–Crippen MR) is 131 cm³/mol. The molecule has 2 heterocycles. The van der Waals surface area contributed by atoms with Gasteiger partial charge in [-0.3, -0.25) is 9.78 Å². The van der Waals surface area contributed by atoms with Crippen LogP contribution in [0.15, 0.2) is 79.3 Å². The third-order valence-electron chi connectivity index (χ3n) is 5.18. The minimum Gasteiger partial charge on any atom is -0.308 e. The van der Waals surface area contributed by atoms with Crippen LogP contribution in [0.3, 0.4) is 0 Å². The van der Waals surface area contributed by atoms with Crippen LogP contribution in [0.5, 0.6) is 0 Å². The van der Waals surface area contributed by atoms with E-state index in [1.54, 1.807) is 30.7 Å². The van der Waals surface area contributed by atoms with Crippen molar-refractivity contribution in [2.75, 3.05) is 10.6 Å². The number of benzene rings is 3. The van der Waals surface area contributed by atoms with E-state index in [1.807, 2.05) is 0 Å². The molecular formula is C25H15ClF2N6O2. The van der Waals surface area contributed by atoms with Gasteiger partial charge in [0.15, 0.2) is 11.6 Å². The van der Waals surface area contributed by atoms with Crippen molar-refractivity contribution in [1.82, 2.24) is 19.7 Å². The minimum atomic E-state index is -0.762. The standard InChI is InChI=1S/C25H15ClF2N6O2/c26-18-5-3-16(12-20(18)28)32-25(36)31-15-4-6-19(27)17(11-15)24(35)14-2-7-21-22(10-14)33-23(13-29-21)34-9-1-8-30-34/h1-13H,(H2,31,32,36). The number of hydrogen-bond acceptors (Lipinski definition) is 5. The third-order valence-corrected chi connectivity index (χ3v) is 5.48. The normalized spacial score (nSPS) is 10.9. The Morgan fingerprint density at radius 3 is 2.42 bits per heavy atom. The molecule has 0 fully saturated rings. The van der Waals surface area contributed by atoms with E-state index in [4.69, 9.17) is 11.6 Å². The zero-order valence-corrected chi connectivity index (χ0v) is 19.0. The van der Waals surface area contributed by atoms with E-state index in [-0.39, 0.29) is 27.5 Å². The molecule has 0 aliphatic carbocycles. The molecule has 0 unspecified atom stereocenters. The quantitative estimate of drug-likeness (QED) is 0.302. The van der Waals surface area contributed by atoms with Crippen LogP contribution >= 0.6 is 11.6 Å². The molecule has 8 nitrogen and oxygen atoms in total. The summed E-state index contributed by atoms with van der Waals surface area (Å²) < 4.78 is 29.7. The highest BCUT2D eigenvalue weighted by molar-refractivity contribution is 6.30. The molecule has 0 saturated carbocycles. The van der Waals surface area contributed by atoms with Crippen molar-refractivity contribution in [2.45, 2.75) is 0 Å². The van der Waals surface area contributed by atoms with E-state index in [0.717, 1.165) is 12.1 Å². The van der Waals surface area contributed by atoms with Crippen molar-refractivity contribution in [3.8, 4) is 5.82 Å². The van der Waals surface area contributed by atoms with E-state index < -0.39 is 23.4 Å². The fourth-order valence-electron chi connectivity index (χ4n) is 3.46. The molecule has 2 N–H and O–H groups in total. The van der Waals surface area contributed by atoms with Gasteiger partial charge in [0.25, 0.3) is 0 Å². The van der Waals surface area contributed by atoms with Crippen molar-refractivity contribution in [1.29, 1.82) is 0 Å². The van der Waals surface area contributed by atoms with Crippen LogP contribution in [0.25, 0.3) is 16.9 Å². The molecule has 3 aromatic carbocycles. The Hall–Kier alpha value is -4.70. The lowest BCUT2D eigenvalue weighted by atomic mass is 10.0. The summed E-state index contributed by atoms with van der Waals surface area (Å²) in [6, 6.07) is 13.0. The second-order valence-corrected chi connectivity index (χ2v) is 8.02. The SMILES string of the molecule is O=C(Nc1ccc(Cl)c(F)c1)Nc1ccc(F)c(C(=O)c2ccc3ncc(-n4cccn4)nc3c2)c1. The first kappa shape index (κ1) is 23.1. The number of urea groups is 1. The molecule has 11 heteroatoms. The van der Waals surface area contributed by atoms with Gasteiger partial charge < -0.3 is 10.6 Å². The van der Waals surface area contributed by atoms with Crippen molar-refractivity contribution >= 4 is 45.8 Å². The molecular weight excluding hydrogens is 490 g/mol.